The fourth-order valence-electron chi connectivity index (χ4n) is 2.19. The van der Waals surface area contributed by atoms with Gasteiger partial charge >= 0.3 is 12.0 Å². The molecule has 1 rings (SSSR count). The van der Waals surface area contributed by atoms with Crippen LogP contribution in [-0.2, 0) is 4.79 Å². The Labute approximate surface area is 114 Å². The van der Waals surface area contributed by atoms with Crippen LogP contribution in [0, 0.1) is 0 Å². The van der Waals surface area contributed by atoms with Gasteiger partial charge in [-0.2, -0.15) is 0 Å². The van der Waals surface area contributed by atoms with Crippen molar-refractivity contribution in [3.8, 4) is 0 Å². The van der Waals surface area contributed by atoms with Gasteiger partial charge in [-0.15, -0.1) is 0 Å². The molecule has 1 saturated heterocycles. The lowest BCUT2D eigenvalue weighted by Gasteiger charge is -2.45. The maximum Gasteiger partial charge on any atom is 0.317 e. The van der Waals surface area contributed by atoms with Crippen molar-refractivity contribution >= 4 is 12.0 Å². The molecule has 1 heterocycles. The van der Waals surface area contributed by atoms with Gasteiger partial charge in [0.2, 0.25) is 0 Å². The molecule has 1 atom stereocenters. The molecule has 1 aliphatic rings. The van der Waals surface area contributed by atoms with Crippen LogP contribution in [0.1, 0.15) is 33.6 Å². The Balaban J connectivity index is 2.56. The molecule has 0 saturated carbocycles. The molecule has 1 unspecified atom stereocenters. The first kappa shape index (κ1) is 15.8. The zero-order chi connectivity index (χ0) is 14.6. The van der Waals surface area contributed by atoms with Crippen molar-refractivity contribution in [3.63, 3.8) is 0 Å². The van der Waals surface area contributed by atoms with Crippen LogP contribution in [-0.4, -0.2) is 65.2 Å². The number of carbonyl (C=O) groups is 2. The third-order valence-corrected chi connectivity index (χ3v) is 3.85. The number of nitrogens with zero attached hydrogens (tertiary/aromatic N) is 2. The van der Waals surface area contributed by atoms with E-state index in [1.165, 1.54) is 0 Å². The molecule has 0 radical (unpaired) electrons. The van der Waals surface area contributed by atoms with Gasteiger partial charge in [0.05, 0.1) is 6.42 Å². The van der Waals surface area contributed by atoms with Crippen LogP contribution < -0.4 is 5.32 Å². The average molecular weight is 271 g/mol. The Morgan fingerprint density at radius 1 is 1.37 bits per heavy atom. The normalized spacial score (nSPS) is 20.9. The SMILES string of the molecule is CCC(CC(=O)O)NC(=O)N1CCN(C)C(C)(C)C1. The fourth-order valence-corrected chi connectivity index (χ4v) is 2.19. The van der Waals surface area contributed by atoms with Gasteiger partial charge in [-0.3, -0.25) is 9.69 Å². The van der Waals surface area contributed by atoms with E-state index in [-0.39, 0.29) is 24.0 Å². The number of aliphatic carboxylic acids is 1. The summed E-state index contributed by atoms with van der Waals surface area (Å²) in [5, 5.41) is 11.6. The minimum atomic E-state index is -0.883. The van der Waals surface area contributed by atoms with Gasteiger partial charge in [-0.25, -0.2) is 4.79 Å². The molecule has 110 valence electrons. The number of carbonyl (C=O) groups excluding carboxylic acids is 1. The van der Waals surface area contributed by atoms with Crippen molar-refractivity contribution in [2.75, 3.05) is 26.7 Å². The summed E-state index contributed by atoms with van der Waals surface area (Å²) in [5.74, 6) is -0.883. The van der Waals surface area contributed by atoms with Crippen LogP contribution in [0.4, 0.5) is 4.79 Å². The first-order valence-corrected chi connectivity index (χ1v) is 6.74. The van der Waals surface area contributed by atoms with E-state index < -0.39 is 5.97 Å². The second-order valence-electron chi connectivity index (χ2n) is 5.81. The van der Waals surface area contributed by atoms with E-state index in [2.05, 4.69) is 31.1 Å². The van der Waals surface area contributed by atoms with Crippen LogP contribution in [0.2, 0.25) is 0 Å². The quantitative estimate of drug-likeness (QED) is 0.799. The van der Waals surface area contributed by atoms with Crippen molar-refractivity contribution in [1.82, 2.24) is 15.1 Å². The number of rotatable bonds is 4. The topological polar surface area (TPSA) is 72.9 Å². The lowest BCUT2D eigenvalue weighted by molar-refractivity contribution is -0.137. The second kappa shape index (κ2) is 6.23. The van der Waals surface area contributed by atoms with E-state index in [1.807, 2.05) is 6.92 Å². The predicted molar refractivity (Wildman–Crippen MR) is 73.1 cm³/mol. The summed E-state index contributed by atoms with van der Waals surface area (Å²) in [5.41, 5.74) is -0.0515. The van der Waals surface area contributed by atoms with E-state index in [4.69, 9.17) is 5.11 Å². The van der Waals surface area contributed by atoms with Gasteiger partial charge in [-0.05, 0) is 27.3 Å². The summed E-state index contributed by atoms with van der Waals surface area (Å²) in [6.45, 7) is 8.23. The van der Waals surface area contributed by atoms with E-state index in [0.717, 1.165) is 6.54 Å². The van der Waals surface area contributed by atoms with Crippen molar-refractivity contribution in [3.05, 3.63) is 0 Å². The Kier molecular flexibility index (Phi) is 5.17. The minimum absolute atomic E-state index is 0.0284. The van der Waals surface area contributed by atoms with Crippen molar-refractivity contribution in [2.24, 2.45) is 0 Å². The summed E-state index contributed by atoms with van der Waals surface area (Å²) in [6.07, 6.45) is 0.592. The van der Waals surface area contributed by atoms with E-state index in [0.29, 0.717) is 19.5 Å². The highest BCUT2D eigenvalue weighted by atomic mass is 16.4. The highest BCUT2D eigenvalue weighted by molar-refractivity contribution is 5.76. The molecule has 0 aromatic rings. The number of carboxylic acids is 1. The van der Waals surface area contributed by atoms with Crippen LogP contribution in [0.25, 0.3) is 0 Å². The van der Waals surface area contributed by atoms with E-state index in [1.54, 1.807) is 4.90 Å². The van der Waals surface area contributed by atoms with Gasteiger partial charge < -0.3 is 15.3 Å². The van der Waals surface area contributed by atoms with Gasteiger partial charge in [0.1, 0.15) is 0 Å². The van der Waals surface area contributed by atoms with Crippen molar-refractivity contribution in [1.29, 1.82) is 0 Å². The maximum atomic E-state index is 12.1. The summed E-state index contributed by atoms with van der Waals surface area (Å²) in [7, 11) is 2.05. The molecule has 2 N–H and O–H groups in total. The Morgan fingerprint density at radius 3 is 2.47 bits per heavy atom. The first-order valence-electron chi connectivity index (χ1n) is 6.74. The summed E-state index contributed by atoms with van der Waals surface area (Å²) >= 11 is 0. The lowest BCUT2D eigenvalue weighted by Crippen LogP contribution is -2.61. The predicted octanol–water partition coefficient (Wildman–Crippen LogP) is 0.975. The Morgan fingerprint density at radius 2 is 2.00 bits per heavy atom. The van der Waals surface area contributed by atoms with Crippen LogP contribution in [0.3, 0.4) is 0 Å². The van der Waals surface area contributed by atoms with Gasteiger partial charge in [-0.1, -0.05) is 6.92 Å². The van der Waals surface area contributed by atoms with Crippen LogP contribution >= 0.6 is 0 Å². The van der Waals surface area contributed by atoms with Gasteiger partial charge in [0, 0.05) is 31.2 Å². The molecular weight excluding hydrogens is 246 g/mol. The molecule has 6 nitrogen and oxygen atoms in total. The number of likely N-dealkylation sites (N-methyl/N-ethyl adjacent to an activating group) is 1. The van der Waals surface area contributed by atoms with Crippen molar-refractivity contribution < 1.29 is 14.7 Å². The monoisotopic (exact) mass is 271 g/mol. The fraction of sp³-hybridized carbons (Fsp3) is 0.846. The summed E-state index contributed by atoms with van der Waals surface area (Å²) in [6, 6.07) is -0.456. The van der Waals surface area contributed by atoms with Gasteiger partial charge in [0.15, 0.2) is 0 Å². The third kappa shape index (κ3) is 4.38. The molecule has 19 heavy (non-hydrogen) atoms. The number of amides is 2. The lowest BCUT2D eigenvalue weighted by atomic mass is 10.00. The number of hydrogen-bond donors (Lipinski definition) is 2. The number of nitrogens with one attached hydrogen (secondary N) is 1. The maximum absolute atomic E-state index is 12.1. The molecule has 0 aromatic carbocycles. The zero-order valence-electron chi connectivity index (χ0n) is 12.3. The number of urea groups is 1. The third-order valence-electron chi connectivity index (χ3n) is 3.85. The van der Waals surface area contributed by atoms with E-state index >= 15 is 0 Å². The Hall–Kier alpha value is -1.30. The number of carboxylic acid groups (broad SMARTS) is 1. The smallest absolute Gasteiger partial charge is 0.317 e. The standard InChI is InChI=1S/C13H25N3O3/c1-5-10(8-11(17)18)14-12(19)16-7-6-15(4)13(2,3)9-16/h10H,5-9H2,1-4H3,(H,14,19)(H,17,18). The molecule has 0 bridgehead atoms. The first-order chi connectivity index (χ1) is 8.76. The highest BCUT2D eigenvalue weighted by Crippen LogP contribution is 2.18. The average Bonchev–Trinajstić information content (AvgIpc) is 2.30. The molecule has 0 spiro atoms. The molecular formula is C13H25N3O3. The largest absolute Gasteiger partial charge is 0.481 e. The zero-order valence-corrected chi connectivity index (χ0v) is 12.3. The molecule has 1 aliphatic heterocycles. The minimum Gasteiger partial charge on any atom is -0.481 e. The molecule has 0 aromatic heterocycles. The highest BCUT2D eigenvalue weighted by Gasteiger charge is 2.33. The number of piperazine rings is 1. The summed E-state index contributed by atoms with van der Waals surface area (Å²) in [4.78, 5) is 26.8. The number of hydrogen-bond acceptors (Lipinski definition) is 3. The Bertz CT molecular complexity index is 344. The van der Waals surface area contributed by atoms with Crippen LogP contribution in [0.15, 0.2) is 0 Å². The molecule has 6 heteroatoms. The van der Waals surface area contributed by atoms with E-state index in [9.17, 15) is 9.59 Å². The van der Waals surface area contributed by atoms with Crippen molar-refractivity contribution in [2.45, 2.75) is 45.2 Å². The second-order valence-corrected chi connectivity index (χ2v) is 5.81. The molecule has 2 amide bonds. The summed E-state index contributed by atoms with van der Waals surface area (Å²) < 4.78 is 0. The van der Waals surface area contributed by atoms with Gasteiger partial charge in [0.25, 0.3) is 0 Å². The van der Waals surface area contributed by atoms with Crippen LogP contribution in [0.5, 0.6) is 0 Å². The molecule has 1 fully saturated rings. The molecule has 0 aliphatic carbocycles.